The fourth-order valence-corrected chi connectivity index (χ4v) is 2.30. The van der Waals surface area contributed by atoms with E-state index in [4.69, 9.17) is 14.2 Å². The summed E-state index contributed by atoms with van der Waals surface area (Å²) in [6, 6.07) is 6.38. The van der Waals surface area contributed by atoms with Crippen LogP contribution < -0.4 is 4.74 Å². The largest absolute Gasteiger partial charge is 0.497 e. The number of methoxy groups -OCH3 is 1. The van der Waals surface area contributed by atoms with Crippen LogP contribution in [-0.2, 0) is 19.1 Å². The zero-order chi connectivity index (χ0) is 18.1. The third-order valence-corrected chi connectivity index (χ3v) is 3.37. The quantitative estimate of drug-likeness (QED) is 0.292. The molecule has 1 atom stereocenters. The topological polar surface area (TPSA) is 105 Å². The summed E-state index contributed by atoms with van der Waals surface area (Å²) in [5.74, 6) is -3.51. The molecular weight excluding hydrogens is 318 g/mol. The zero-order valence-corrected chi connectivity index (χ0v) is 13.9. The van der Waals surface area contributed by atoms with E-state index >= 15 is 0 Å². The second kappa shape index (κ2) is 9.49. The van der Waals surface area contributed by atoms with Gasteiger partial charge in [0.15, 0.2) is 5.92 Å². The lowest BCUT2D eigenvalue weighted by Crippen LogP contribution is -2.36. The van der Waals surface area contributed by atoms with Gasteiger partial charge in [-0.2, -0.15) is 0 Å². The Kier molecular flexibility index (Phi) is 7.67. The Hall–Kier alpha value is -2.64. The maximum Gasteiger partial charge on any atom is 0.321 e. The highest BCUT2D eigenvalue weighted by Crippen LogP contribution is 2.29. The normalized spacial score (nSPS) is 11.7. The van der Waals surface area contributed by atoms with Crippen LogP contribution in [0.2, 0.25) is 0 Å². The lowest BCUT2D eigenvalue weighted by Gasteiger charge is -2.21. The van der Waals surface area contributed by atoms with Crippen LogP contribution in [-0.4, -0.2) is 43.7 Å². The van der Waals surface area contributed by atoms with Gasteiger partial charge in [0.1, 0.15) is 5.75 Å². The molecule has 1 aromatic carbocycles. The number of nitrogens with zero attached hydrogens (tertiary/aromatic N) is 1. The van der Waals surface area contributed by atoms with Gasteiger partial charge in [0.2, 0.25) is 6.54 Å². The SMILES string of the molecule is CCOC(=O)C(C(=O)OCC)C(C[N+](=O)[O-])c1ccc(OC)cc1. The standard InChI is InChI=1S/C16H21NO7/c1-4-23-15(18)14(16(19)24-5-2)13(10-17(20)21)11-6-8-12(22-3)9-7-11/h6-9,13-14H,4-5,10H2,1-3H3. The lowest BCUT2D eigenvalue weighted by atomic mass is 9.85. The minimum absolute atomic E-state index is 0.0581. The minimum atomic E-state index is -1.40. The molecule has 24 heavy (non-hydrogen) atoms. The van der Waals surface area contributed by atoms with Crippen molar-refractivity contribution >= 4 is 11.9 Å². The lowest BCUT2D eigenvalue weighted by molar-refractivity contribution is -0.484. The molecule has 0 aromatic heterocycles. The third-order valence-electron chi connectivity index (χ3n) is 3.37. The molecule has 132 valence electrons. The first kappa shape index (κ1) is 19.4. The summed E-state index contributed by atoms with van der Waals surface area (Å²) < 4.78 is 14.9. The summed E-state index contributed by atoms with van der Waals surface area (Å²) in [7, 11) is 1.49. The molecule has 0 aliphatic heterocycles. The maximum atomic E-state index is 12.2. The summed E-state index contributed by atoms with van der Waals surface area (Å²) in [4.78, 5) is 34.9. The monoisotopic (exact) mass is 339 g/mol. The Bertz CT molecular complexity index is 552. The summed E-state index contributed by atoms with van der Waals surface area (Å²) >= 11 is 0. The molecular formula is C16H21NO7. The van der Waals surface area contributed by atoms with Gasteiger partial charge in [-0.1, -0.05) is 12.1 Å². The smallest absolute Gasteiger partial charge is 0.321 e. The van der Waals surface area contributed by atoms with Crippen molar-refractivity contribution in [3.05, 3.63) is 39.9 Å². The molecule has 0 aliphatic carbocycles. The predicted molar refractivity (Wildman–Crippen MR) is 84.4 cm³/mol. The second-order valence-electron chi connectivity index (χ2n) is 4.88. The summed E-state index contributed by atoms with van der Waals surface area (Å²) in [5, 5.41) is 11.0. The Morgan fingerprint density at radius 1 is 1.08 bits per heavy atom. The Balaban J connectivity index is 3.25. The van der Waals surface area contributed by atoms with Crippen molar-refractivity contribution in [2.75, 3.05) is 26.9 Å². The highest BCUT2D eigenvalue weighted by molar-refractivity contribution is 5.96. The highest BCUT2D eigenvalue weighted by Gasteiger charge is 2.41. The van der Waals surface area contributed by atoms with Crippen LogP contribution in [0.25, 0.3) is 0 Å². The average Bonchev–Trinajstić information content (AvgIpc) is 2.54. The van der Waals surface area contributed by atoms with Gasteiger partial charge in [0.05, 0.1) is 26.2 Å². The summed E-state index contributed by atoms with van der Waals surface area (Å²) in [5.41, 5.74) is 0.457. The number of hydrogen-bond donors (Lipinski definition) is 0. The first-order valence-electron chi connectivity index (χ1n) is 7.53. The second-order valence-corrected chi connectivity index (χ2v) is 4.88. The van der Waals surface area contributed by atoms with E-state index in [0.29, 0.717) is 11.3 Å². The van der Waals surface area contributed by atoms with Crippen molar-refractivity contribution in [2.45, 2.75) is 19.8 Å². The van der Waals surface area contributed by atoms with Crippen molar-refractivity contribution in [2.24, 2.45) is 5.92 Å². The van der Waals surface area contributed by atoms with E-state index in [1.165, 1.54) is 7.11 Å². The number of hydrogen-bond acceptors (Lipinski definition) is 7. The van der Waals surface area contributed by atoms with Crippen LogP contribution in [0.1, 0.15) is 25.3 Å². The number of rotatable bonds is 9. The summed E-state index contributed by atoms with van der Waals surface area (Å²) in [6.45, 7) is 2.70. The Morgan fingerprint density at radius 3 is 1.96 bits per heavy atom. The fourth-order valence-electron chi connectivity index (χ4n) is 2.30. The van der Waals surface area contributed by atoms with Crippen molar-refractivity contribution in [3.8, 4) is 5.75 Å². The fraction of sp³-hybridized carbons (Fsp3) is 0.500. The molecule has 0 radical (unpaired) electrons. The van der Waals surface area contributed by atoms with Gasteiger partial charge in [-0.3, -0.25) is 19.7 Å². The number of carbonyl (C=O) groups excluding carboxylic acids is 2. The molecule has 0 N–H and O–H groups in total. The van der Waals surface area contributed by atoms with E-state index in [2.05, 4.69) is 0 Å². The number of benzene rings is 1. The zero-order valence-electron chi connectivity index (χ0n) is 13.9. The molecule has 0 saturated carbocycles. The van der Waals surface area contributed by atoms with E-state index in [9.17, 15) is 19.7 Å². The van der Waals surface area contributed by atoms with Crippen molar-refractivity contribution < 1.29 is 28.7 Å². The molecule has 1 unspecified atom stereocenters. The van der Waals surface area contributed by atoms with Gasteiger partial charge >= 0.3 is 11.9 Å². The van der Waals surface area contributed by atoms with Crippen molar-refractivity contribution in [3.63, 3.8) is 0 Å². The summed E-state index contributed by atoms with van der Waals surface area (Å²) in [6.07, 6.45) is 0. The first-order valence-corrected chi connectivity index (χ1v) is 7.53. The van der Waals surface area contributed by atoms with Gasteiger partial charge in [-0.05, 0) is 31.5 Å². The Morgan fingerprint density at radius 2 is 1.58 bits per heavy atom. The molecule has 0 heterocycles. The molecule has 0 fully saturated rings. The van der Waals surface area contributed by atoms with E-state index in [0.717, 1.165) is 0 Å². The first-order chi connectivity index (χ1) is 11.4. The van der Waals surface area contributed by atoms with Crippen LogP contribution in [0.5, 0.6) is 5.75 Å². The molecule has 8 nitrogen and oxygen atoms in total. The molecule has 0 spiro atoms. The van der Waals surface area contributed by atoms with Gasteiger partial charge in [0.25, 0.3) is 0 Å². The molecule has 1 rings (SSSR count). The van der Waals surface area contributed by atoms with Crippen LogP contribution >= 0.6 is 0 Å². The molecule has 1 aromatic rings. The number of carbonyl (C=O) groups is 2. The molecule has 0 bridgehead atoms. The third kappa shape index (κ3) is 5.22. The molecule has 0 amide bonds. The van der Waals surface area contributed by atoms with Crippen molar-refractivity contribution in [1.29, 1.82) is 0 Å². The number of esters is 2. The van der Waals surface area contributed by atoms with E-state index < -0.39 is 35.2 Å². The highest BCUT2D eigenvalue weighted by atomic mass is 16.6. The van der Waals surface area contributed by atoms with Crippen LogP contribution in [0, 0.1) is 16.0 Å². The number of ether oxygens (including phenoxy) is 3. The van der Waals surface area contributed by atoms with Crippen molar-refractivity contribution in [1.82, 2.24) is 0 Å². The molecule has 0 aliphatic rings. The predicted octanol–water partition coefficient (Wildman–Crippen LogP) is 1.80. The van der Waals surface area contributed by atoms with Crippen LogP contribution in [0.4, 0.5) is 0 Å². The minimum Gasteiger partial charge on any atom is -0.497 e. The number of nitro groups is 1. The maximum absolute atomic E-state index is 12.2. The Labute approximate surface area is 139 Å². The van der Waals surface area contributed by atoms with Crippen LogP contribution in [0.3, 0.4) is 0 Å². The van der Waals surface area contributed by atoms with E-state index in [1.807, 2.05) is 0 Å². The van der Waals surface area contributed by atoms with Gasteiger partial charge in [-0.25, -0.2) is 0 Å². The van der Waals surface area contributed by atoms with Gasteiger partial charge in [-0.15, -0.1) is 0 Å². The molecule has 0 saturated heterocycles. The van der Waals surface area contributed by atoms with E-state index in [-0.39, 0.29) is 13.2 Å². The average molecular weight is 339 g/mol. The molecule has 8 heteroatoms. The van der Waals surface area contributed by atoms with Gasteiger partial charge in [0, 0.05) is 4.92 Å². The van der Waals surface area contributed by atoms with Crippen LogP contribution in [0.15, 0.2) is 24.3 Å². The van der Waals surface area contributed by atoms with E-state index in [1.54, 1.807) is 38.1 Å². The van der Waals surface area contributed by atoms with Gasteiger partial charge < -0.3 is 14.2 Å².